The normalized spacial score (nSPS) is 11.5. The quantitative estimate of drug-likeness (QED) is 0.780. The minimum Gasteiger partial charge on any atom is -0.366 e. The maximum absolute atomic E-state index is 10.6. The largest absolute Gasteiger partial charge is 0.366 e. The topological polar surface area (TPSA) is 43.1 Å². The Bertz CT molecular complexity index is 399. The zero-order valence-corrected chi connectivity index (χ0v) is 9.06. The summed E-state index contributed by atoms with van der Waals surface area (Å²) in [6.07, 6.45) is 1.33. The number of hydrogen-bond acceptors (Lipinski definition) is 1. The summed E-state index contributed by atoms with van der Waals surface area (Å²) in [7, 11) is 0. The van der Waals surface area contributed by atoms with Gasteiger partial charge < -0.3 is 5.73 Å². The molecular weight excluding hydrogens is 221 g/mol. The Labute approximate surface area is 92.3 Å². The number of carbonyl (C=O) groups excluding carboxylic acids is 1. The zero-order chi connectivity index (χ0) is 10.7. The fourth-order valence-corrected chi connectivity index (χ4v) is 1.66. The van der Waals surface area contributed by atoms with Crippen molar-refractivity contribution in [2.45, 2.75) is 6.92 Å². The number of halogens is 2. The Morgan fingerprint density at radius 2 is 2.07 bits per heavy atom. The van der Waals surface area contributed by atoms with Gasteiger partial charge in [-0.05, 0) is 30.2 Å². The Kier molecular flexibility index (Phi) is 3.55. The van der Waals surface area contributed by atoms with Crippen molar-refractivity contribution in [2.75, 3.05) is 0 Å². The standard InChI is InChI=1S/C10H9Cl2NO/c1-6(4-10(13)14)8-3-2-7(11)5-9(8)12/h2-5H,1H3,(H2,13,14)/b6-4-. The molecule has 74 valence electrons. The van der Waals surface area contributed by atoms with Gasteiger partial charge in [-0.2, -0.15) is 0 Å². The van der Waals surface area contributed by atoms with Gasteiger partial charge in [0.25, 0.3) is 0 Å². The van der Waals surface area contributed by atoms with E-state index in [1.165, 1.54) is 6.08 Å². The molecule has 0 aromatic heterocycles. The molecule has 0 heterocycles. The van der Waals surface area contributed by atoms with Crippen LogP contribution >= 0.6 is 23.2 Å². The molecular formula is C10H9Cl2NO. The summed E-state index contributed by atoms with van der Waals surface area (Å²) in [4.78, 5) is 10.6. The first-order valence-corrected chi connectivity index (χ1v) is 4.69. The van der Waals surface area contributed by atoms with Gasteiger partial charge in [-0.15, -0.1) is 0 Å². The third-order valence-electron chi connectivity index (χ3n) is 1.71. The van der Waals surface area contributed by atoms with Crippen LogP contribution in [0.4, 0.5) is 0 Å². The average molecular weight is 230 g/mol. The van der Waals surface area contributed by atoms with E-state index in [0.717, 1.165) is 11.1 Å². The Balaban J connectivity index is 3.14. The molecule has 1 aromatic carbocycles. The van der Waals surface area contributed by atoms with Crippen LogP contribution in [0.2, 0.25) is 10.0 Å². The molecule has 0 aliphatic rings. The van der Waals surface area contributed by atoms with Gasteiger partial charge in [0, 0.05) is 16.1 Å². The van der Waals surface area contributed by atoms with Gasteiger partial charge in [-0.1, -0.05) is 29.3 Å². The van der Waals surface area contributed by atoms with Gasteiger partial charge in [0.2, 0.25) is 5.91 Å². The Morgan fingerprint density at radius 1 is 1.43 bits per heavy atom. The first-order chi connectivity index (χ1) is 6.50. The highest BCUT2D eigenvalue weighted by atomic mass is 35.5. The molecule has 0 spiro atoms. The van der Waals surface area contributed by atoms with E-state index < -0.39 is 5.91 Å². The zero-order valence-electron chi connectivity index (χ0n) is 7.55. The second-order valence-electron chi connectivity index (χ2n) is 2.85. The fourth-order valence-electron chi connectivity index (χ4n) is 1.10. The molecule has 0 aliphatic carbocycles. The molecule has 2 N–H and O–H groups in total. The van der Waals surface area contributed by atoms with Crippen LogP contribution < -0.4 is 5.73 Å². The van der Waals surface area contributed by atoms with Crippen LogP contribution in [0.5, 0.6) is 0 Å². The maximum Gasteiger partial charge on any atom is 0.241 e. The van der Waals surface area contributed by atoms with Gasteiger partial charge in [0.1, 0.15) is 0 Å². The van der Waals surface area contributed by atoms with E-state index in [9.17, 15) is 4.79 Å². The third-order valence-corrected chi connectivity index (χ3v) is 2.26. The van der Waals surface area contributed by atoms with Crippen molar-refractivity contribution < 1.29 is 4.79 Å². The SMILES string of the molecule is C/C(=C/C(N)=O)c1ccc(Cl)cc1Cl. The average Bonchev–Trinajstić information content (AvgIpc) is 2.01. The van der Waals surface area contributed by atoms with Gasteiger partial charge in [-0.3, -0.25) is 4.79 Å². The highest BCUT2D eigenvalue weighted by molar-refractivity contribution is 6.35. The lowest BCUT2D eigenvalue weighted by molar-refractivity contribution is -0.113. The molecule has 1 amide bonds. The van der Waals surface area contributed by atoms with E-state index in [0.29, 0.717) is 10.0 Å². The Hall–Kier alpha value is -0.990. The van der Waals surface area contributed by atoms with Crippen LogP contribution in [0.1, 0.15) is 12.5 Å². The molecule has 0 fully saturated rings. The summed E-state index contributed by atoms with van der Waals surface area (Å²) in [5.41, 5.74) is 6.51. The summed E-state index contributed by atoms with van der Waals surface area (Å²) < 4.78 is 0. The molecule has 14 heavy (non-hydrogen) atoms. The fraction of sp³-hybridized carbons (Fsp3) is 0.100. The minimum absolute atomic E-state index is 0.492. The molecule has 0 saturated heterocycles. The van der Waals surface area contributed by atoms with Gasteiger partial charge in [0.05, 0.1) is 0 Å². The number of rotatable bonds is 2. The number of benzene rings is 1. The molecule has 1 rings (SSSR count). The first kappa shape index (κ1) is 11.1. The Morgan fingerprint density at radius 3 is 2.57 bits per heavy atom. The molecule has 4 heteroatoms. The molecule has 0 unspecified atom stereocenters. The predicted octanol–water partition coefficient (Wildman–Crippen LogP) is 2.88. The second kappa shape index (κ2) is 4.49. The van der Waals surface area contributed by atoms with Crippen LogP contribution in [-0.4, -0.2) is 5.91 Å². The molecule has 0 bridgehead atoms. The lowest BCUT2D eigenvalue weighted by Gasteiger charge is -2.03. The highest BCUT2D eigenvalue weighted by Gasteiger charge is 2.03. The van der Waals surface area contributed by atoms with E-state index >= 15 is 0 Å². The van der Waals surface area contributed by atoms with E-state index in [2.05, 4.69) is 0 Å². The molecule has 1 aromatic rings. The van der Waals surface area contributed by atoms with Crippen LogP contribution in [0.3, 0.4) is 0 Å². The summed E-state index contributed by atoms with van der Waals surface area (Å²) in [5.74, 6) is -0.492. The smallest absolute Gasteiger partial charge is 0.241 e. The molecule has 2 nitrogen and oxygen atoms in total. The number of amides is 1. The third kappa shape index (κ3) is 2.76. The minimum atomic E-state index is -0.492. The van der Waals surface area contributed by atoms with Crippen molar-refractivity contribution in [3.8, 4) is 0 Å². The molecule has 0 radical (unpaired) electrons. The van der Waals surface area contributed by atoms with Crippen LogP contribution in [0.15, 0.2) is 24.3 Å². The van der Waals surface area contributed by atoms with E-state index in [4.69, 9.17) is 28.9 Å². The van der Waals surface area contributed by atoms with Gasteiger partial charge in [0.15, 0.2) is 0 Å². The number of primary amides is 1. The highest BCUT2D eigenvalue weighted by Crippen LogP contribution is 2.26. The van der Waals surface area contributed by atoms with Crippen molar-refractivity contribution in [1.82, 2.24) is 0 Å². The maximum atomic E-state index is 10.6. The van der Waals surface area contributed by atoms with Crippen LogP contribution in [0, 0.1) is 0 Å². The van der Waals surface area contributed by atoms with Crippen molar-refractivity contribution in [3.05, 3.63) is 39.9 Å². The van der Waals surface area contributed by atoms with E-state index in [1.54, 1.807) is 25.1 Å². The molecule has 0 saturated carbocycles. The number of hydrogen-bond donors (Lipinski definition) is 1. The predicted molar refractivity (Wildman–Crippen MR) is 59.3 cm³/mol. The second-order valence-corrected chi connectivity index (χ2v) is 3.70. The van der Waals surface area contributed by atoms with E-state index in [-0.39, 0.29) is 0 Å². The molecule has 0 aliphatic heterocycles. The number of allylic oxidation sites excluding steroid dienone is 1. The summed E-state index contributed by atoms with van der Waals surface area (Å²) in [6, 6.07) is 5.08. The lowest BCUT2D eigenvalue weighted by atomic mass is 10.1. The van der Waals surface area contributed by atoms with Crippen molar-refractivity contribution in [2.24, 2.45) is 5.73 Å². The summed E-state index contributed by atoms with van der Waals surface area (Å²) >= 11 is 11.7. The number of carbonyl (C=O) groups is 1. The van der Waals surface area contributed by atoms with Crippen LogP contribution in [0.25, 0.3) is 5.57 Å². The monoisotopic (exact) mass is 229 g/mol. The van der Waals surface area contributed by atoms with Gasteiger partial charge >= 0.3 is 0 Å². The van der Waals surface area contributed by atoms with Crippen molar-refractivity contribution in [3.63, 3.8) is 0 Å². The number of nitrogens with two attached hydrogens (primary N) is 1. The molecule has 0 atom stereocenters. The lowest BCUT2D eigenvalue weighted by Crippen LogP contribution is -2.06. The van der Waals surface area contributed by atoms with Crippen molar-refractivity contribution >= 4 is 34.7 Å². The summed E-state index contributed by atoms with van der Waals surface area (Å²) in [5, 5.41) is 1.07. The van der Waals surface area contributed by atoms with Gasteiger partial charge in [-0.25, -0.2) is 0 Å². The van der Waals surface area contributed by atoms with Crippen LogP contribution in [-0.2, 0) is 4.79 Å². The first-order valence-electron chi connectivity index (χ1n) is 3.94. The van der Waals surface area contributed by atoms with Crippen molar-refractivity contribution in [1.29, 1.82) is 0 Å². The summed E-state index contributed by atoms with van der Waals surface area (Å²) in [6.45, 7) is 1.76. The van der Waals surface area contributed by atoms with E-state index in [1.807, 2.05) is 0 Å².